The van der Waals surface area contributed by atoms with Crippen molar-refractivity contribution in [1.29, 1.82) is 0 Å². The summed E-state index contributed by atoms with van der Waals surface area (Å²) in [6.07, 6.45) is 4.12. The molecule has 0 radical (unpaired) electrons. The number of benzene rings is 1. The first-order chi connectivity index (χ1) is 15.6. The van der Waals surface area contributed by atoms with E-state index in [2.05, 4.69) is 25.1 Å². The Bertz CT molecular complexity index is 1050. The number of aromatic nitrogens is 4. The maximum Gasteiger partial charge on any atom is 0.254 e. The second kappa shape index (κ2) is 9.78. The minimum atomic E-state index is -0.271. The molecular formula is C23H28N6O3. The molecule has 1 amide bonds. The lowest BCUT2D eigenvalue weighted by atomic mass is 10.1. The van der Waals surface area contributed by atoms with Gasteiger partial charge in [0.25, 0.3) is 5.91 Å². The maximum absolute atomic E-state index is 13.4. The Kier molecular flexibility index (Phi) is 6.65. The van der Waals surface area contributed by atoms with Gasteiger partial charge in [-0.05, 0) is 31.5 Å². The topological polar surface area (TPSA) is 96.5 Å². The molecule has 1 N–H and O–H groups in total. The summed E-state index contributed by atoms with van der Waals surface area (Å²) in [5, 5.41) is 7.31. The summed E-state index contributed by atoms with van der Waals surface area (Å²) in [7, 11) is 3.30. The van der Waals surface area contributed by atoms with Crippen molar-refractivity contribution >= 4 is 5.91 Å². The molecule has 168 valence electrons. The van der Waals surface area contributed by atoms with Crippen LogP contribution in [0.4, 0.5) is 0 Å². The molecule has 1 saturated heterocycles. The normalized spacial score (nSPS) is 17.1. The van der Waals surface area contributed by atoms with Crippen molar-refractivity contribution in [3.8, 4) is 11.5 Å². The molecular weight excluding hydrogens is 408 g/mol. The highest BCUT2D eigenvalue weighted by Gasteiger charge is 2.33. The summed E-state index contributed by atoms with van der Waals surface area (Å²) < 4.78 is 10.9. The van der Waals surface area contributed by atoms with Crippen LogP contribution in [0.1, 0.15) is 40.0 Å². The summed E-state index contributed by atoms with van der Waals surface area (Å²) >= 11 is 0. The highest BCUT2D eigenvalue weighted by molar-refractivity contribution is 5.94. The number of hydrogen-bond donors (Lipinski definition) is 1. The summed E-state index contributed by atoms with van der Waals surface area (Å²) in [6, 6.07) is 9.07. The van der Waals surface area contributed by atoms with Gasteiger partial charge in [-0.15, -0.1) is 0 Å². The van der Waals surface area contributed by atoms with E-state index in [-0.39, 0.29) is 11.9 Å². The van der Waals surface area contributed by atoms with Gasteiger partial charge < -0.3 is 14.4 Å². The number of ether oxygens (including phenoxy) is 2. The number of nitrogens with zero attached hydrogens (tertiary/aromatic N) is 5. The second-order valence-electron chi connectivity index (χ2n) is 7.80. The molecule has 0 saturated carbocycles. The lowest BCUT2D eigenvalue weighted by molar-refractivity contribution is 0.0663. The number of hydrogen-bond acceptors (Lipinski definition) is 7. The number of rotatable bonds is 6. The molecule has 0 aliphatic carbocycles. The van der Waals surface area contributed by atoms with Gasteiger partial charge in [-0.1, -0.05) is 6.07 Å². The molecule has 1 aliphatic heterocycles. The molecule has 3 aromatic rings. The molecule has 9 heteroatoms. The fourth-order valence-corrected chi connectivity index (χ4v) is 4.06. The summed E-state index contributed by atoms with van der Waals surface area (Å²) in [5.74, 6) is 2.85. The molecule has 1 fully saturated rings. The van der Waals surface area contributed by atoms with E-state index in [0.717, 1.165) is 35.9 Å². The van der Waals surface area contributed by atoms with E-state index in [1.165, 1.54) is 0 Å². The van der Waals surface area contributed by atoms with Gasteiger partial charge in [0.1, 0.15) is 23.4 Å². The Hall–Kier alpha value is -3.46. The monoisotopic (exact) mass is 436 g/mol. The van der Waals surface area contributed by atoms with E-state index in [1.54, 1.807) is 38.7 Å². The zero-order valence-corrected chi connectivity index (χ0v) is 18.6. The number of aromatic amines is 1. The van der Waals surface area contributed by atoms with Gasteiger partial charge in [0.15, 0.2) is 5.82 Å². The number of methoxy groups -OCH3 is 2. The summed E-state index contributed by atoms with van der Waals surface area (Å²) in [6.45, 7) is 4.63. The predicted molar refractivity (Wildman–Crippen MR) is 119 cm³/mol. The van der Waals surface area contributed by atoms with E-state index < -0.39 is 0 Å². The van der Waals surface area contributed by atoms with Crippen molar-refractivity contribution in [3.63, 3.8) is 0 Å². The van der Waals surface area contributed by atoms with Crippen molar-refractivity contribution in [1.82, 2.24) is 30.0 Å². The molecule has 0 spiro atoms. The minimum absolute atomic E-state index is 0.0382. The van der Waals surface area contributed by atoms with Gasteiger partial charge in [-0.3, -0.25) is 19.8 Å². The Morgan fingerprint density at radius 1 is 1.16 bits per heavy atom. The molecule has 9 nitrogen and oxygen atoms in total. The van der Waals surface area contributed by atoms with E-state index in [9.17, 15) is 4.79 Å². The average molecular weight is 437 g/mol. The molecule has 0 bridgehead atoms. The third kappa shape index (κ3) is 4.72. The van der Waals surface area contributed by atoms with Gasteiger partial charge in [0.2, 0.25) is 0 Å². The number of pyridine rings is 1. The van der Waals surface area contributed by atoms with Crippen LogP contribution in [0, 0.1) is 6.92 Å². The first kappa shape index (κ1) is 21.8. The predicted octanol–water partition coefficient (Wildman–Crippen LogP) is 2.61. The van der Waals surface area contributed by atoms with E-state index in [4.69, 9.17) is 9.47 Å². The fourth-order valence-electron chi connectivity index (χ4n) is 4.06. The minimum Gasteiger partial charge on any atom is -0.497 e. The second-order valence-corrected chi connectivity index (χ2v) is 7.80. The highest BCUT2D eigenvalue weighted by atomic mass is 16.5. The smallest absolute Gasteiger partial charge is 0.254 e. The van der Waals surface area contributed by atoms with Crippen LogP contribution in [0.15, 0.2) is 42.7 Å². The van der Waals surface area contributed by atoms with Crippen molar-refractivity contribution in [2.75, 3.05) is 33.9 Å². The summed E-state index contributed by atoms with van der Waals surface area (Å²) in [5.41, 5.74) is 1.68. The number of aryl methyl sites for hydroxylation is 1. The van der Waals surface area contributed by atoms with Gasteiger partial charge in [-0.2, -0.15) is 5.10 Å². The summed E-state index contributed by atoms with van der Waals surface area (Å²) in [4.78, 5) is 26.1. The van der Waals surface area contributed by atoms with Gasteiger partial charge >= 0.3 is 0 Å². The van der Waals surface area contributed by atoms with Crippen LogP contribution in [0.2, 0.25) is 0 Å². The van der Waals surface area contributed by atoms with Crippen LogP contribution in [-0.4, -0.2) is 69.7 Å². The lowest BCUT2D eigenvalue weighted by Crippen LogP contribution is -2.39. The first-order valence-corrected chi connectivity index (χ1v) is 10.6. The van der Waals surface area contributed by atoms with Crippen LogP contribution in [0.3, 0.4) is 0 Å². The average Bonchev–Trinajstić information content (AvgIpc) is 3.15. The van der Waals surface area contributed by atoms with Crippen LogP contribution in [-0.2, 0) is 6.54 Å². The number of carbonyl (C=O) groups excluding carboxylic acids is 1. The highest BCUT2D eigenvalue weighted by Crippen LogP contribution is 2.29. The zero-order chi connectivity index (χ0) is 22.5. The van der Waals surface area contributed by atoms with Crippen molar-refractivity contribution in [2.24, 2.45) is 0 Å². The third-order valence-electron chi connectivity index (χ3n) is 5.67. The van der Waals surface area contributed by atoms with Crippen LogP contribution < -0.4 is 9.47 Å². The van der Waals surface area contributed by atoms with Crippen molar-refractivity contribution in [3.05, 3.63) is 65.5 Å². The Balaban J connectivity index is 1.61. The number of H-pyrrole nitrogens is 1. The Morgan fingerprint density at radius 2 is 1.97 bits per heavy atom. The fraction of sp³-hybridized carbons (Fsp3) is 0.391. The molecule has 32 heavy (non-hydrogen) atoms. The number of carbonyl (C=O) groups is 1. The SMILES string of the molecule is COc1ccc(CN2CCCN(C(=O)c3ccncc3)C(c3n[nH]c(C)n3)C2)c(OC)c1. The Labute approximate surface area is 187 Å². The maximum atomic E-state index is 13.4. The largest absolute Gasteiger partial charge is 0.497 e. The molecule has 3 heterocycles. The number of amides is 1. The number of nitrogens with one attached hydrogen (secondary N) is 1. The van der Waals surface area contributed by atoms with E-state index in [0.29, 0.717) is 31.0 Å². The van der Waals surface area contributed by atoms with Crippen molar-refractivity contribution in [2.45, 2.75) is 25.9 Å². The van der Waals surface area contributed by atoms with Crippen LogP contribution in [0.5, 0.6) is 11.5 Å². The van der Waals surface area contributed by atoms with E-state index >= 15 is 0 Å². The first-order valence-electron chi connectivity index (χ1n) is 10.6. The zero-order valence-electron chi connectivity index (χ0n) is 18.6. The molecule has 1 atom stereocenters. The van der Waals surface area contributed by atoms with Gasteiger partial charge in [-0.25, -0.2) is 4.98 Å². The standard InChI is InChI=1S/C23H28N6O3/c1-16-25-22(27-26-16)20-15-28(14-18-5-6-19(31-2)13-21(18)32-3)11-4-12-29(20)23(30)17-7-9-24-10-8-17/h5-10,13,20H,4,11-12,14-15H2,1-3H3,(H,25,26,27). The molecule has 1 unspecified atom stereocenters. The molecule has 4 rings (SSSR count). The van der Waals surface area contributed by atoms with Crippen LogP contribution in [0.25, 0.3) is 0 Å². The van der Waals surface area contributed by atoms with Gasteiger partial charge in [0.05, 0.1) is 14.2 Å². The molecule has 1 aliphatic rings. The lowest BCUT2D eigenvalue weighted by Gasteiger charge is -2.30. The van der Waals surface area contributed by atoms with Gasteiger partial charge in [0, 0.05) is 55.8 Å². The third-order valence-corrected chi connectivity index (χ3v) is 5.67. The Morgan fingerprint density at radius 3 is 2.66 bits per heavy atom. The quantitative estimate of drug-likeness (QED) is 0.634. The van der Waals surface area contributed by atoms with Crippen molar-refractivity contribution < 1.29 is 14.3 Å². The van der Waals surface area contributed by atoms with Crippen LogP contribution >= 0.6 is 0 Å². The van der Waals surface area contributed by atoms with E-state index in [1.807, 2.05) is 30.0 Å². The molecule has 1 aromatic carbocycles. The molecule has 2 aromatic heterocycles.